The summed E-state index contributed by atoms with van der Waals surface area (Å²) < 4.78 is 31.4. The number of guanidine groups is 1. The minimum absolute atomic E-state index is 0. The van der Waals surface area contributed by atoms with Gasteiger partial charge in [-0.3, -0.25) is 9.98 Å². The lowest BCUT2D eigenvalue weighted by molar-refractivity contribution is 0.259. The van der Waals surface area contributed by atoms with Crippen LogP contribution in [0.1, 0.15) is 11.3 Å². The van der Waals surface area contributed by atoms with Gasteiger partial charge in [-0.2, -0.15) is 4.31 Å². The highest BCUT2D eigenvalue weighted by Gasteiger charge is 2.29. The van der Waals surface area contributed by atoms with Gasteiger partial charge in [0.25, 0.3) is 0 Å². The Hall–Kier alpha value is -2.25. The summed E-state index contributed by atoms with van der Waals surface area (Å²) in [6, 6.07) is 11.6. The summed E-state index contributed by atoms with van der Waals surface area (Å²) in [7, 11) is -1.69. The molecule has 3 aromatic rings. The van der Waals surface area contributed by atoms with Crippen molar-refractivity contribution in [2.45, 2.75) is 12.3 Å². The van der Waals surface area contributed by atoms with E-state index >= 15 is 0 Å². The molecule has 1 fully saturated rings. The zero-order valence-electron chi connectivity index (χ0n) is 17.1. The fraction of sp³-hybridized carbons (Fsp3) is 0.350. The molecule has 3 heterocycles. The van der Waals surface area contributed by atoms with E-state index in [4.69, 9.17) is 4.52 Å². The van der Waals surface area contributed by atoms with Gasteiger partial charge >= 0.3 is 0 Å². The topological polar surface area (TPSA) is 104 Å². The highest BCUT2D eigenvalue weighted by Crippen LogP contribution is 2.16. The van der Waals surface area contributed by atoms with Crippen molar-refractivity contribution in [1.29, 1.82) is 0 Å². The zero-order valence-corrected chi connectivity index (χ0v) is 20.3. The summed E-state index contributed by atoms with van der Waals surface area (Å²) in [5, 5.41) is 8.18. The molecular weight excluding hydrogens is 531 g/mol. The maximum atomic E-state index is 12.6. The summed E-state index contributed by atoms with van der Waals surface area (Å²) in [5.74, 6) is 0.598. The number of pyridine rings is 1. The lowest BCUT2D eigenvalue weighted by Crippen LogP contribution is -2.53. The van der Waals surface area contributed by atoms with E-state index in [0.29, 0.717) is 38.4 Å². The number of halogens is 1. The second kappa shape index (κ2) is 10.4. The lowest BCUT2D eigenvalue weighted by atomic mass is 10.1. The average Bonchev–Trinajstić information content (AvgIpc) is 3.27. The van der Waals surface area contributed by atoms with E-state index in [-0.39, 0.29) is 29.7 Å². The van der Waals surface area contributed by atoms with E-state index in [0.717, 1.165) is 22.4 Å². The maximum Gasteiger partial charge on any atom is 0.220 e. The van der Waals surface area contributed by atoms with Gasteiger partial charge in [0.15, 0.2) is 5.96 Å². The number of fused-ring (bicyclic) bond motifs is 1. The summed E-state index contributed by atoms with van der Waals surface area (Å²) in [4.78, 5) is 10.9. The number of benzene rings is 1. The van der Waals surface area contributed by atoms with Crippen molar-refractivity contribution in [3.8, 4) is 0 Å². The second-order valence-electron chi connectivity index (χ2n) is 7.03. The van der Waals surface area contributed by atoms with Crippen LogP contribution in [-0.4, -0.2) is 66.9 Å². The molecule has 0 aliphatic carbocycles. The van der Waals surface area contributed by atoms with Crippen molar-refractivity contribution in [1.82, 2.24) is 24.7 Å². The molecule has 11 heteroatoms. The van der Waals surface area contributed by atoms with E-state index in [1.807, 2.05) is 30.3 Å². The SMILES string of the molecule is CN=C(NCc1cccc2cccnc12)N1CCN(S(=O)(=O)Cc2ccon2)CC1.I. The number of nitrogens with one attached hydrogen (secondary N) is 1. The van der Waals surface area contributed by atoms with Crippen molar-refractivity contribution >= 4 is 50.9 Å². The smallest absolute Gasteiger partial charge is 0.220 e. The highest BCUT2D eigenvalue weighted by molar-refractivity contribution is 14.0. The molecule has 1 aliphatic heterocycles. The number of para-hydroxylation sites is 1. The van der Waals surface area contributed by atoms with Gasteiger partial charge in [-0.15, -0.1) is 24.0 Å². The summed E-state index contributed by atoms with van der Waals surface area (Å²) in [6.07, 6.45) is 3.17. The van der Waals surface area contributed by atoms with Gasteiger partial charge in [0.1, 0.15) is 12.0 Å². The van der Waals surface area contributed by atoms with E-state index < -0.39 is 10.0 Å². The molecule has 0 radical (unpaired) electrons. The monoisotopic (exact) mass is 556 g/mol. The number of piperazine rings is 1. The minimum Gasteiger partial charge on any atom is -0.364 e. The molecule has 0 bridgehead atoms. The molecule has 4 rings (SSSR count). The highest BCUT2D eigenvalue weighted by atomic mass is 127. The van der Waals surface area contributed by atoms with E-state index in [2.05, 4.69) is 25.3 Å². The number of nitrogens with zero attached hydrogens (tertiary/aromatic N) is 5. The van der Waals surface area contributed by atoms with E-state index in [9.17, 15) is 8.42 Å². The Labute approximate surface area is 198 Å². The predicted molar refractivity (Wildman–Crippen MR) is 130 cm³/mol. The molecule has 166 valence electrons. The third-order valence-corrected chi connectivity index (χ3v) is 6.93. The van der Waals surface area contributed by atoms with Crippen LogP contribution in [0, 0.1) is 0 Å². The third kappa shape index (κ3) is 5.52. The number of sulfonamides is 1. The van der Waals surface area contributed by atoms with Crippen molar-refractivity contribution in [3.63, 3.8) is 0 Å². The standard InChI is InChI=1S/C20H24N6O3S.HI/c1-21-20(23-14-17-5-2-4-16-6-3-8-22-19(16)17)25-9-11-26(12-10-25)30(27,28)15-18-7-13-29-24-18;/h2-8,13H,9-12,14-15H2,1H3,(H,21,23);1H. The molecule has 0 spiro atoms. The summed E-state index contributed by atoms with van der Waals surface area (Å²) in [6.45, 7) is 2.51. The first kappa shape index (κ1) is 23.4. The molecule has 2 aromatic heterocycles. The Kier molecular flexibility index (Phi) is 7.84. The van der Waals surface area contributed by atoms with Gasteiger partial charge in [0.05, 0.1) is 11.2 Å². The van der Waals surface area contributed by atoms with E-state index in [1.165, 1.54) is 10.6 Å². The maximum absolute atomic E-state index is 12.6. The third-order valence-electron chi connectivity index (χ3n) is 5.12. The molecule has 0 saturated carbocycles. The Morgan fingerprint density at radius 2 is 1.94 bits per heavy atom. The first-order chi connectivity index (χ1) is 14.6. The summed E-state index contributed by atoms with van der Waals surface area (Å²) >= 11 is 0. The molecule has 1 aromatic carbocycles. The van der Waals surface area contributed by atoms with Crippen molar-refractivity contribution in [2.24, 2.45) is 4.99 Å². The first-order valence-corrected chi connectivity index (χ1v) is 11.3. The molecule has 0 amide bonds. The quantitative estimate of drug-likeness (QED) is 0.292. The number of hydrogen-bond acceptors (Lipinski definition) is 6. The van der Waals surface area contributed by atoms with Gasteiger partial charge in [-0.1, -0.05) is 29.4 Å². The number of aliphatic imine (C=N–C) groups is 1. The van der Waals surface area contributed by atoms with Crippen LogP contribution in [0.15, 0.2) is 58.4 Å². The van der Waals surface area contributed by atoms with Crippen LogP contribution in [0.5, 0.6) is 0 Å². The van der Waals surface area contributed by atoms with Crippen LogP contribution >= 0.6 is 24.0 Å². The van der Waals surface area contributed by atoms with Crippen LogP contribution in [-0.2, 0) is 22.3 Å². The fourth-order valence-corrected chi connectivity index (χ4v) is 5.01. The van der Waals surface area contributed by atoms with Crippen LogP contribution in [0.4, 0.5) is 0 Å². The number of hydrogen-bond donors (Lipinski definition) is 1. The molecule has 1 aliphatic rings. The second-order valence-corrected chi connectivity index (χ2v) is 9.00. The van der Waals surface area contributed by atoms with Crippen LogP contribution in [0.25, 0.3) is 10.9 Å². The molecule has 1 saturated heterocycles. The molecule has 0 atom stereocenters. The van der Waals surface area contributed by atoms with Crippen molar-refractivity contribution in [3.05, 3.63) is 60.1 Å². The molecule has 31 heavy (non-hydrogen) atoms. The molecule has 9 nitrogen and oxygen atoms in total. The Morgan fingerprint density at radius 3 is 2.65 bits per heavy atom. The number of rotatable bonds is 5. The Morgan fingerprint density at radius 1 is 1.16 bits per heavy atom. The normalized spacial score (nSPS) is 15.6. The lowest BCUT2D eigenvalue weighted by Gasteiger charge is -2.35. The van der Waals surface area contributed by atoms with Crippen LogP contribution in [0.2, 0.25) is 0 Å². The van der Waals surface area contributed by atoms with Gasteiger partial charge in [0.2, 0.25) is 10.0 Å². The first-order valence-electron chi connectivity index (χ1n) is 9.72. The fourth-order valence-electron chi connectivity index (χ4n) is 3.58. The summed E-state index contributed by atoms with van der Waals surface area (Å²) in [5.41, 5.74) is 2.47. The minimum atomic E-state index is -3.43. The van der Waals surface area contributed by atoms with Gasteiger partial charge in [-0.05, 0) is 11.6 Å². The van der Waals surface area contributed by atoms with Crippen molar-refractivity contribution in [2.75, 3.05) is 33.2 Å². The average molecular weight is 556 g/mol. The van der Waals surface area contributed by atoms with E-state index in [1.54, 1.807) is 19.3 Å². The van der Waals surface area contributed by atoms with Crippen LogP contribution in [0.3, 0.4) is 0 Å². The molecular formula is C20H25IN6O3S. The predicted octanol–water partition coefficient (Wildman–Crippen LogP) is 2.06. The van der Waals surface area contributed by atoms with Gasteiger partial charge in [0, 0.05) is 57.4 Å². The molecule has 1 N–H and O–H groups in total. The van der Waals surface area contributed by atoms with Crippen LogP contribution < -0.4 is 5.32 Å². The molecule has 0 unspecified atom stereocenters. The zero-order chi connectivity index (χ0) is 21.0. The Bertz CT molecular complexity index is 1120. The van der Waals surface area contributed by atoms with Gasteiger partial charge < -0.3 is 14.7 Å². The Balaban J connectivity index is 0.00000272. The van der Waals surface area contributed by atoms with Gasteiger partial charge in [-0.25, -0.2) is 8.42 Å². The largest absolute Gasteiger partial charge is 0.364 e. The number of aromatic nitrogens is 2. The van der Waals surface area contributed by atoms with Crippen molar-refractivity contribution < 1.29 is 12.9 Å².